The highest BCUT2D eigenvalue weighted by atomic mass is 16.5. The zero-order valence-corrected chi connectivity index (χ0v) is 13.8. The Morgan fingerprint density at radius 3 is 2.29 bits per heavy atom. The number of benzene rings is 2. The second-order valence-electron chi connectivity index (χ2n) is 5.67. The first kappa shape index (κ1) is 16.3. The van der Waals surface area contributed by atoms with Crippen molar-refractivity contribution in [3.05, 3.63) is 65.7 Å². The topological polar surface area (TPSA) is 50.8 Å². The van der Waals surface area contributed by atoms with Crippen LogP contribution in [0.2, 0.25) is 0 Å². The fraction of sp³-hybridized carbons (Fsp3) is 0.316. The molecule has 1 saturated heterocycles. The number of nitrogens with one attached hydrogen (secondary N) is 1. The quantitative estimate of drug-likeness (QED) is 0.940. The van der Waals surface area contributed by atoms with Crippen molar-refractivity contribution in [2.75, 3.05) is 33.4 Å². The number of carbonyl (C=O) groups excluding carboxylic acids is 1. The van der Waals surface area contributed by atoms with E-state index in [4.69, 9.17) is 9.47 Å². The van der Waals surface area contributed by atoms with Crippen molar-refractivity contribution < 1.29 is 14.3 Å². The van der Waals surface area contributed by atoms with Crippen LogP contribution in [0.4, 0.5) is 4.79 Å². The Morgan fingerprint density at radius 1 is 1.04 bits per heavy atom. The van der Waals surface area contributed by atoms with Crippen LogP contribution < -0.4 is 10.1 Å². The summed E-state index contributed by atoms with van der Waals surface area (Å²) in [6.07, 6.45) is 0. The predicted molar refractivity (Wildman–Crippen MR) is 92.2 cm³/mol. The molecule has 1 heterocycles. The van der Waals surface area contributed by atoms with E-state index in [1.165, 1.54) is 0 Å². The summed E-state index contributed by atoms with van der Waals surface area (Å²) < 4.78 is 10.5. The van der Waals surface area contributed by atoms with Gasteiger partial charge >= 0.3 is 6.03 Å². The molecule has 0 radical (unpaired) electrons. The van der Waals surface area contributed by atoms with Gasteiger partial charge in [0.15, 0.2) is 0 Å². The number of morpholine rings is 1. The lowest BCUT2D eigenvalue weighted by Crippen LogP contribution is -2.47. The maximum absolute atomic E-state index is 12.6. The van der Waals surface area contributed by atoms with Gasteiger partial charge in [0.2, 0.25) is 0 Å². The Hall–Kier alpha value is -2.53. The van der Waals surface area contributed by atoms with Crippen LogP contribution in [-0.2, 0) is 4.74 Å². The monoisotopic (exact) mass is 326 g/mol. The second kappa shape index (κ2) is 7.84. The Balaban J connectivity index is 1.83. The third-order valence-corrected chi connectivity index (χ3v) is 4.15. The van der Waals surface area contributed by atoms with Gasteiger partial charge in [0, 0.05) is 13.1 Å². The predicted octanol–water partition coefficient (Wildman–Crippen LogP) is 2.83. The third kappa shape index (κ3) is 3.86. The number of amides is 2. The first-order valence-electron chi connectivity index (χ1n) is 8.10. The Bertz CT molecular complexity index is 652. The maximum atomic E-state index is 12.6. The zero-order valence-electron chi connectivity index (χ0n) is 13.8. The molecular weight excluding hydrogens is 304 g/mol. The molecule has 2 aromatic carbocycles. The molecule has 126 valence electrons. The summed E-state index contributed by atoms with van der Waals surface area (Å²) in [6.45, 7) is 2.42. The van der Waals surface area contributed by atoms with Gasteiger partial charge in [-0.15, -0.1) is 0 Å². The number of ether oxygens (including phenoxy) is 2. The molecule has 0 bridgehead atoms. The van der Waals surface area contributed by atoms with Crippen LogP contribution in [0.5, 0.6) is 5.75 Å². The molecule has 0 aromatic heterocycles. The van der Waals surface area contributed by atoms with Crippen molar-refractivity contribution in [3.8, 4) is 5.75 Å². The molecule has 0 saturated carbocycles. The van der Waals surface area contributed by atoms with Crippen molar-refractivity contribution in [2.45, 2.75) is 6.04 Å². The number of urea groups is 1. The molecule has 1 atom stereocenters. The largest absolute Gasteiger partial charge is 0.497 e. The molecule has 5 nitrogen and oxygen atoms in total. The van der Waals surface area contributed by atoms with E-state index in [0.29, 0.717) is 26.3 Å². The molecule has 1 aliphatic rings. The van der Waals surface area contributed by atoms with Crippen LogP contribution in [0.3, 0.4) is 0 Å². The number of nitrogens with zero attached hydrogens (tertiary/aromatic N) is 1. The highest BCUT2D eigenvalue weighted by Gasteiger charge is 2.22. The standard InChI is InChI=1S/C19H22N2O3/c1-23-17-9-7-16(8-10-17)18(15-5-3-2-4-6-15)20-19(22)21-11-13-24-14-12-21/h2-10,18H,11-14H2,1H3,(H,20,22). The average molecular weight is 326 g/mol. The van der Waals surface area contributed by atoms with Gasteiger partial charge in [-0.2, -0.15) is 0 Å². The molecule has 2 amide bonds. The normalized spacial score (nSPS) is 15.6. The summed E-state index contributed by atoms with van der Waals surface area (Å²) in [6, 6.07) is 17.5. The van der Waals surface area contributed by atoms with Crippen molar-refractivity contribution in [1.29, 1.82) is 0 Å². The first-order valence-corrected chi connectivity index (χ1v) is 8.10. The van der Waals surface area contributed by atoms with Crippen molar-refractivity contribution in [2.24, 2.45) is 0 Å². The fourth-order valence-electron chi connectivity index (χ4n) is 2.78. The van der Waals surface area contributed by atoms with Gasteiger partial charge in [-0.25, -0.2) is 4.79 Å². The lowest BCUT2D eigenvalue weighted by molar-refractivity contribution is 0.0528. The Labute approximate surface area is 142 Å². The molecule has 1 fully saturated rings. The lowest BCUT2D eigenvalue weighted by atomic mass is 9.99. The molecule has 3 rings (SSSR count). The summed E-state index contributed by atoms with van der Waals surface area (Å²) in [7, 11) is 1.64. The molecular formula is C19H22N2O3. The molecule has 24 heavy (non-hydrogen) atoms. The Kier molecular flexibility index (Phi) is 5.33. The van der Waals surface area contributed by atoms with Crippen LogP contribution in [-0.4, -0.2) is 44.3 Å². The van der Waals surface area contributed by atoms with E-state index >= 15 is 0 Å². The molecule has 1 N–H and O–H groups in total. The van der Waals surface area contributed by atoms with Gasteiger partial charge in [0.1, 0.15) is 5.75 Å². The van der Waals surface area contributed by atoms with Crippen LogP contribution in [0.1, 0.15) is 17.2 Å². The molecule has 1 unspecified atom stereocenters. The van der Waals surface area contributed by atoms with E-state index in [1.807, 2.05) is 54.6 Å². The van der Waals surface area contributed by atoms with Gasteiger partial charge in [-0.1, -0.05) is 42.5 Å². The smallest absolute Gasteiger partial charge is 0.318 e. The highest BCUT2D eigenvalue weighted by molar-refractivity contribution is 5.75. The zero-order chi connectivity index (χ0) is 16.8. The summed E-state index contributed by atoms with van der Waals surface area (Å²) in [5, 5.41) is 3.15. The minimum Gasteiger partial charge on any atom is -0.497 e. The molecule has 2 aromatic rings. The maximum Gasteiger partial charge on any atom is 0.318 e. The molecule has 1 aliphatic heterocycles. The van der Waals surface area contributed by atoms with Crippen LogP contribution in [0.25, 0.3) is 0 Å². The van der Waals surface area contributed by atoms with Gasteiger partial charge in [-0.05, 0) is 23.3 Å². The van der Waals surface area contributed by atoms with Gasteiger partial charge in [-0.3, -0.25) is 0 Å². The summed E-state index contributed by atoms with van der Waals surface area (Å²) in [5.74, 6) is 0.796. The van der Waals surface area contributed by atoms with E-state index in [1.54, 1.807) is 12.0 Å². The highest BCUT2D eigenvalue weighted by Crippen LogP contribution is 2.24. The minimum absolute atomic E-state index is 0.0667. The number of hydrogen-bond acceptors (Lipinski definition) is 3. The van der Waals surface area contributed by atoms with Crippen molar-refractivity contribution in [1.82, 2.24) is 10.2 Å². The van der Waals surface area contributed by atoms with E-state index in [-0.39, 0.29) is 12.1 Å². The number of hydrogen-bond donors (Lipinski definition) is 1. The summed E-state index contributed by atoms with van der Waals surface area (Å²) in [4.78, 5) is 14.4. The van der Waals surface area contributed by atoms with Crippen LogP contribution in [0, 0.1) is 0 Å². The average Bonchev–Trinajstić information content (AvgIpc) is 2.67. The van der Waals surface area contributed by atoms with Crippen LogP contribution in [0.15, 0.2) is 54.6 Å². The lowest BCUT2D eigenvalue weighted by Gasteiger charge is -2.29. The van der Waals surface area contributed by atoms with Gasteiger partial charge in [0.25, 0.3) is 0 Å². The SMILES string of the molecule is COc1ccc(C(NC(=O)N2CCOCC2)c2ccccc2)cc1. The first-order chi connectivity index (χ1) is 11.8. The minimum atomic E-state index is -0.201. The van der Waals surface area contributed by atoms with Crippen molar-refractivity contribution in [3.63, 3.8) is 0 Å². The third-order valence-electron chi connectivity index (χ3n) is 4.15. The number of methoxy groups -OCH3 is 1. The summed E-state index contributed by atoms with van der Waals surface area (Å²) >= 11 is 0. The number of rotatable bonds is 4. The molecule has 0 aliphatic carbocycles. The van der Waals surface area contributed by atoms with Gasteiger partial charge < -0.3 is 19.7 Å². The summed E-state index contributed by atoms with van der Waals surface area (Å²) in [5.41, 5.74) is 2.06. The fourth-order valence-corrected chi connectivity index (χ4v) is 2.78. The van der Waals surface area contributed by atoms with E-state index < -0.39 is 0 Å². The van der Waals surface area contributed by atoms with E-state index in [9.17, 15) is 4.79 Å². The number of carbonyl (C=O) groups is 1. The van der Waals surface area contributed by atoms with Crippen LogP contribution >= 0.6 is 0 Å². The van der Waals surface area contributed by atoms with E-state index in [0.717, 1.165) is 16.9 Å². The molecule has 0 spiro atoms. The van der Waals surface area contributed by atoms with E-state index in [2.05, 4.69) is 5.32 Å². The van der Waals surface area contributed by atoms with Crippen molar-refractivity contribution >= 4 is 6.03 Å². The molecule has 5 heteroatoms. The second-order valence-corrected chi connectivity index (χ2v) is 5.67. The van der Waals surface area contributed by atoms with Gasteiger partial charge in [0.05, 0.1) is 26.4 Å². The Morgan fingerprint density at radius 2 is 1.67 bits per heavy atom.